The Balaban J connectivity index is 2.09. The number of rotatable bonds is 4. The van der Waals surface area contributed by atoms with Gasteiger partial charge in [0.05, 0.1) is 11.1 Å². The largest absolute Gasteiger partial charge is 0.478 e. The fourth-order valence-electron chi connectivity index (χ4n) is 3.59. The van der Waals surface area contributed by atoms with Gasteiger partial charge in [-0.2, -0.15) is 0 Å². The topological polar surface area (TPSA) is 83.4 Å². The standard InChI is InChI=1S/C21H20N2O4/c1-12-7-16(20(24)25)8-13(2)18(12)22-5-6-23(11-22)19-14(3)9-17(21(26)27)10-15(19)4/h5-11H,1-4H3,(H-,24,25,26,27)/p+1. The van der Waals surface area contributed by atoms with Gasteiger partial charge in [-0.05, 0) is 74.2 Å². The van der Waals surface area contributed by atoms with Crippen LogP contribution in [0.3, 0.4) is 0 Å². The lowest BCUT2D eigenvalue weighted by molar-refractivity contribution is -0.595. The van der Waals surface area contributed by atoms with Crippen molar-refractivity contribution in [1.82, 2.24) is 4.57 Å². The number of hydrogen-bond acceptors (Lipinski definition) is 2. The molecular weight excluding hydrogens is 344 g/mol. The Morgan fingerprint density at radius 2 is 1.26 bits per heavy atom. The first-order valence-electron chi connectivity index (χ1n) is 8.48. The first kappa shape index (κ1) is 18.4. The van der Waals surface area contributed by atoms with E-state index >= 15 is 0 Å². The van der Waals surface area contributed by atoms with E-state index in [4.69, 9.17) is 0 Å². The van der Waals surface area contributed by atoms with E-state index < -0.39 is 11.9 Å². The molecule has 3 aromatic rings. The van der Waals surface area contributed by atoms with E-state index in [-0.39, 0.29) is 11.1 Å². The van der Waals surface area contributed by atoms with Crippen molar-refractivity contribution in [2.75, 3.05) is 0 Å². The average Bonchev–Trinajstić information content (AvgIpc) is 3.02. The summed E-state index contributed by atoms with van der Waals surface area (Å²) in [5.74, 6) is -1.89. The summed E-state index contributed by atoms with van der Waals surface area (Å²) in [4.78, 5) is 22.5. The van der Waals surface area contributed by atoms with Crippen LogP contribution in [0.4, 0.5) is 0 Å². The van der Waals surface area contributed by atoms with E-state index in [1.165, 1.54) is 0 Å². The van der Waals surface area contributed by atoms with Gasteiger partial charge in [-0.1, -0.05) is 0 Å². The van der Waals surface area contributed by atoms with Crippen molar-refractivity contribution < 1.29 is 24.4 Å². The van der Waals surface area contributed by atoms with E-state index in [1.54, 1.807) is 24.3 Å². The molecule has 0 saturated carbocycles. The Bertz CT molecular complexity index is 950. The molecule has 0 radical (unpaired) electrons. The molecule has 0 aliphatic heterocycles. The van der Waals surface area contributed by atoms with Gasteiger partial charge in [-0.15, -0.1) is 0 Å². The van der Waals surface area contributed by atoms with Crippen molar-refractivity contribution in [2.45, 2.75) is 27.7 Å². The van der Waals surface area contributed by atoms with Crippen LogP contribution in [0.5, 0.6) is 0 Å². The van der Waals surface area contributed by atoms with Crippen LogP contribution < -0.4 is 4.57 Å². The summed E-state index contributed by atoms with van der Waals surface area (Å²) in [5, 5.41) is 18.4. The Labute approximate surface area is 156 Å². The number of hydrogen-bond donors (Lipinski definition) is 2. The quantitative estimate of drug-likeness (QED) is 0.694. The summed E-state index contributed by atoms with van der Waals surface area (Å²) >= 11 is 0. The molecule has 2 N–H and O–H groups in total. The van der Waals surface area contributed by atoms with Crippen molar-refractivity contribution in [2.24, 2.45) is 0 Å². The van der Waals surface area contributed by atoms with Crippen molar-refractivity contribution in [3.63, 3.8) is 0 Å². The monoisotopic (exact) mass is 365 g/mol. The fourth-order valence-corrected chi connectivity index (χ4v) is 3.59. The third kappa shape index (κ3) is 3.33. The molecular formula is C21H21N2O4+. The van der Waals surface area contributed by atoms with Crippen molar-refractivity contribution >= 4 is 11.9 Å². The molecule has 0 saturated heterocycles. The summed E-state index contributed by atoms with van der Waals surface area (Å²) in [6, 6.07) is 6.64. The van der Waals surface area contributed by atoms with Crippen LogP contribution in [0.1, 0.15) is 43.0 Å². The highest BCUT2D eigenvalue weighted by molar-refractivity contribution is 5.89. The minimum atomic E-state index is -0.944. The molecule has 3 rings (SSSR count). The summed E-state index contributed by atoms with van der Waals surface area (Å²) in [6.45, 7) is 7.54. The molecule has 0 amide bonds. The Hall–Kier alpha value is -3.41. The molecule has 138 valence electrons. The van der Waals surface area contributed by atoms with E-state index in [9.17, 15) is 19.8 Å². The predicted molar refractivity (Wildman–Crippen MR) is 100 cm³/mol. The lowest BCUT2D eigenvalue weighted by Gasteiger charge is -2.08. The van der Waals surface area contributed by atoms with Gasteiger partial charge < -0.3 is 10.2 Å². The average molecular weight is 365 g/mol. The molecule has 1 heterocycles. The molecule has 0 atom stereocenters. The highest BCUT2D eigenvalue weighted by Gasteiger charge is 2.19. The minimum absolute atomic E-state index is 0.268. The second-order valence-electron chi connectivity index (χ2n) is 6.76. The molecule has 1 aromatic heterocycles. The van der Waals surface area contributed by atoms with Gasteiger partial charge in [0.2, 0.25) is 0 Å². The van der Waals surface area contributed by atoms with Gasteiger partial charge in [0, 0.05) is 0 Å². The lowest BCUT2D eigenvalue weighted by Crippen LogP contribution is -2.30. The lowest BCUT2D eigenvalue weighted by atomic mass is 10.0. The zero-order chi connectivity index (χ0) is 19.9. The number of aromatic nitrogens is 2. The van der Waals surface area contributed by atoms with E-state index in [2.05, 4.69) is 0 Å². The molecule has 27 heavy (non-hydrogen) atoms. The number of imidazole rings is 1. The normalized spacial score (nSPS) is 10.8. The summed E-state index contributed by atoms with van der Waals surface area (Å²) < 4.78 is 3.89. The third-order valence-electron chi connectivity index (χ3n) is 4.63. The molecule has 0 spiro atoms. The molecule has 2 aromatic carbocycles. The van der Waals surface area contributed by atoms with Crippen molar-refractivity contribution in [3.05, 3.63) is 76.4 Å². The molecule has 6 heteroatoms. The van der Waals surface area contributed by atoms with Crippen LogP contribution in [0.2, 0.25) is 0 Å². The minimum Gasteiger partial charge on any atom is -0.478 e. The summed E-state index contributed by atoms with van der Waals surface area (Å²) in [7, 11) is 0. The maximum absolute atomic E-state index is 11.2. The Morgan fingerprint density at radius 1 is 0.815 bits per heavy atom. The zero-order valence-corrected chi connectivity index (χ0v) is 15.6. The molecule has 0 aliphatic carbocycles. The number of carboxylic acids is 2. The van der Waals surface area contributed by atoms with Gasteiger partial charge in [0.15, 0.2) is 0 Å². The van der Waals surface area contributed by atoms with Gasteiger partial charge >= 0.3 is 11.9 Å². The molecule has 0 aliphatic rings. The molecule has 0 unspecified atom stereocenters. The maximum atomic E-state index is 11.2. The number of aromatic carboxylic acids is 2. The second kappa shape index (κ2) is 6.72. The highest BCUT2D eigenvalue weighted by Crippen LogP contribution is 2.22. The van der Waals surface area contributed by atoms with E-state index in [1.807, 2.05) is 55.6 Å². The molecule has 0 bridgehead atoms. The number of carboxylic acid groups (broad SMARTS) is 2. The number of benzene rings is 2. The van der Waals surface area contributed by atoms with Gasteiger partial charge in [0.25, 0.3) is 6.33 Å². The number of aryl methyl sites for hydroxylation is 4. The summed E-state index contributed by atoms with van der Waals surface area (Å²) in [5.41, 5.74) is 5.85. The second-order valence-corrected chi connectivity index (χ2v) is 6.76. The van der Waals surface area contributed by atoms with E-state index in [0.29, 0.717) is 0 Å². The van der Waals surface area contributed by atoms with E-state index in [0.717, 1.165) is 33.6 Å². The van der Waals surface area contributed by atoms with Crippen LogP contribution in [-0.4, -0.2) is 26.7 Å². The Morgan fingerprint density at radius 3 is 1.70 bits per heavy atom. The van der Waals surface area contributed by atoms with Crippen LogP contribution >= 0.6 is 0 Å². The van der Waals surface area contributed by atoms with Gasteiger partial charge in [-0.25, -0.2) is 18.7 Å². The predicted octanol–water partition coefficient (Wildman–Crippen LogP) is 3.38. The fraction of sp³-hybridized carbons (Fsp3) is 0.190. The van der Waals surface area contributed by atoms with Crippen LogP contribution in [0.15, 0.2) is 43.0 Å². The van der Waals surface area contributed by atoms with Crippen LogP contribution in [-0.2, 0) is 0 Å². The summed E-state index contributed by atoms with van der Waals surface area (Å²) in [6.07, 6.45) is 5.71. The van der Waals surface area contributed by atoms with Crippen LogP contribution in [0.25, 0.3) is 11.4 Å². The Kier molecular flexibility index (Phi) is 4.57. The third-order valence-corrected chi connectivity index (χ3v) is 4.63. The van der Waals surface area contributed by atoms with Crippen molar-refractivity contribution in [3.8, 4) is 11.4 Å². The van der Waals surface area contributed by atoms with Crippen LogP contribution in [0, 0.1) is 27.7 Å². The number of nitrogens with zero attached hydrogens (tertiary/aromatic N) is 2. The zero-order valence-electron chi connectivity index (χ0n) is 15.6. The highest BCUT2D eigenvalue weighted by atomic mass is 16.4. The first-order valence-corrected chi connectivity index (χ1v) is 8.48. The smallest absolute Gasteiger partial charge is 0.335 e. The van der Waals surface area contributed by atoms with Gasteiger partial charge in [-0.3, -0.25) is 0 Å². The SMILES string of the molecule is Cc1cc(C(=O)O)cc(C)c1-n1cc[n+](-c2c(C)cc(C(=O)O)cc2C)c1. The first-order chi connectivity index (χ1) is 12.7. The molecule has 0 fully saturated rings. The van der Waals surface area contributed by atoms with Crippen molar-refractivity contribution in [1.29, 1.82) is 0 Å². The maximum Gasteiger partial charge on any atom is 0.335 e. The number of carbonyl (C=O) groups is 2. The van der Waals surface area contributed by atoms with Gasteiger partial charge in [0.1, 0.15) is 23.8 Å². The molecule has 6 nitrogen and oxygen atoms in total.